The molecule has 0 aliphatic carbocycles. The van der Waals surface area contributed by atoms with Gasteiger partial charge in [0.1, 0.15) is 5.84 Å². The van der Waals surface area contributed by atoms with E-state index >= 15 is 0 Å². The van der Waals surface area contributed by atoms with Crippen molar-refractivity contribution in [3.05, 3.63) is 34.9 Å². The van der Waals surface area contributed by atoms with E-state index in [0.29, 0.717) is 0 Å². The Morgan fingerprint density at radius 3 is 2.74 bits per heavy atom. The molecule has 0 unspecified atom stereocenters. The summed E-state index contributed by atoms with van der Waals surface area (Å²) in [4.78, 5) is 0. The molecule has 106 valence electrons. The Balaban J connectivity index is 2.27. The molecule has 0 spiro atoms. The van der Waals surface area contributed by atoms with Gasteiger partial charge in [-0.3, -0.25) is 0 Å². The fourth-order valence-corrected chi connectivity index (χ4v) is 1.99. The van der Waals surface area contributed by atoms with Crippen molar-refractivity contribution in [2.45, 2.75) is 33.2 Å². The highest BCUT2D eigenvalue weighted by atomic mass is 35.5. The third-order valence-electron chi connectivity index (χ3n) is 3.23. The molecule has 0 saturated carbocycles. The zero-order valence-corrected chi connectivity index (χ0v) is 12.2. The quantitative estimate of drug-likeness (QED) is 0.237. The first-order valence-electron chi connectivity index (χ1n) is 6.39. The van der Waals surface area contributed by atoms with E-state index in [1.54, 1.807) is 0 Å². The maximum Gasteiger partial charge on any atom is 0.144 e. The molecule has 0 atom stereocenters. The van der Waals surface area contributed by atoms with Gasteiger partial charge in [-0.1, -0.05) is 48.8 Å². The molecule has 0 fully saturated rings. The standard InChI is InChI=1S/C14H22ClN3O/c1-14(2,13(16)18-19)8-5-9-17-10-11-6-3-4-7-12(11)15/h3-4,6-7,17,19H,5,8-10H2,1-2H3,(H2,16,18). The van der Waals surface area contributed by atoms with Gasteiger partial charge >= 0.3 is 0 Å². The minimum Gasteiger partial charge on any atom is -0.409 e. The van der Waals surface area contributed by atoms with Crippen LogP contribution in [0.2, 0.25) is 5.02 Å². The summed E-state index contributed by atoms with van der Waals surface area (Å²) in [6.45, 7) is 5.56. The molecule has 5 heteroatoms. The van der Waals surface area contributed by atoms with Crippen molar-refractivity contribution in [3.8, 4) is 0 Å². The number of oxime groups is 1. The summed E-state index contributed by atoms with van der Waals surface area (Å²) in [6, 6.07) is 7.80. The van der Waals surface area contributed by atoms with Crippen LogP contribution < -0.4 is 11.1 Å². The summed E-state index contributed by atoms with van der Waals surface area (Å²) < 4.78 is 0. The Bertz CT molecular complexity index is 432. The van der Waals surface area contributed by atoms with Crippen LogP contribution in [0.15, 0.2) is 29.4 Å². The lowest BCUT2D eigenvalue weighted by Gasteiger charge is -2.22. The number of nitrogens with two attached hydrogens (primary N) is 1. The van der Waals surface area contributed by atoms with Crippen LogP contribution in [0.3, 0.4) is 0 Å². The molecule has 4 N–H and O–H groups in total. The smallest absolute Gasteiger partial charge is 0.144 e. The van der Waals surface area contributed by atoms with Crippen molar-refractivity contribution in [1.82, 2.24) is 5.32 Å². The third kappa shape index (κ3) is 5.09. The molecule has 0 bridgehead atoms. The summed E-state index contributed by atoms with van der Waals surface area (Å²) in [7, 11) is 0. The number of nitrogens with zero attached hydrogens (tertiary/aromatic N) is 1. The summed E-state index contributed by atoms with van der Waals surface area (Å²) >= 11 is 6.07. The molecule has 1 aromatic rings. The molecular weight excluding hydrogens is 262 g/mol. The predicted molar refractivity (Wildman–Crippen MR) is 79.6 cm³/mol. The Hall–Kier alpha value is -1.26. The molecular formula is C14H22ClN3O. The van der Waals surface area contributed by atoms with Crippen molar-refractivity contribution < 1.29 is 5.21 Å². The van der Waals surface area contributed by atoms with Crippen LogP contribution in [-0.2, 0) is 6.54 Å². The van der Waals surface area contributed by atoms with Crippen LogP contribution >= 0.6 is 11.6 Å². The molecule has 0 amide bonds. The van der Waals surface area contributed by atoms with Gasteiger partial charge in [0.25, 0.3) is 0 Å². The maximum atomic E-state index is 8.68. The molecule has 1 aromatic carbocycles. The largest absolute Gasteiger partial charge is 0.409 e. The topological polar surface area (TPSA) is 70.6 Å². The SMILES string of the molecule is CC(C)(CCCNCc1ccccc1Cl)C(N)=NO. The van der Waals surface area contributed by atoms with E-state index in [2.05, 4.69) is 10.5 Å². The molecule has 0 radical (unpaired) electrons. The third-order valence-corrected chi connectivity index (χ3v) is 3.60. The molecule has 0 saturated heterocycles. The summed E-state index contributed by atoms with van der Waals surface area (Å²) in [5, 5.41) is 15.9. The fourth-order valence-electron chi connectivity index (χ4n) is 1.78. The fraction of sp³-hybridized carbons (Fsp3) is 0.500. The monoisotopic (exact) mass is 283 g/mol. The Kier molecular flexibility index (Phi) is 6.12. The molecule has 0 aliphatic heterocycles. The first kappa shape index (κ1) is 15.8. The van der Waals surface area contributed by atoms with Gasteiger partial charge in [-0.15, -0.1) is 0 Å². The van der Waals surface area contributed by atoms with Gasteiger partial charge in [-0.2, -0.15) is 0 Å². The molecule has 4 nitrogen and oxygen atoms in total. The minimum absolute atomic E-state index is 0.276. The van der Waals surface area contributed by atoms with E-state index in [4.69, 9.17) is 22.5 Å². The lowest BCUT2D eigenvalue weighted by atomic mass is 9.86. The molecule has 19 heavy (non-hydrogen) atoms. The van der Waals surface area contributed by atoms with E-state index in [1.165, 1.54) is 0 Å². The van der Waals surface area contributed by atoms with E-state index in [-0.39, 0.29) is 11.3 Å². The van der Waals surface area contributed by atoms with Gasteiger partial charge in [-0.05, 0) is 31.0 Å². The predicted octanol–water partition coefficient (Wildman–Crippen LogP) is 2.98. The minimum atomic E-state index is -0.277. The molecule has 1 rings (SSSR count). The van der Waals surface area contributed by atoms with Crippen molar-refractivity contribution in [1.29, 1.82) is 0 Å². The highest BCUT2D eigenvalue weighted by molar-refractivity contribution is 6.31. The van der Waals surface area contributed by atoms with E-state index in [0.717, 1.165) is 36.5 Å². The second-order valence-corrected chi connectivity index (χ2v) is 5.65. The number of benzene rings is 1. The van der Waals surface area contributed by atoms with Crippen molar-refractivity contribution >= 4 is 17.4 Å². The lowest BCUT2D eigenvalue weighted by Crippen LogP contribution is -2.32. The number of amidine groups is 1. The maximum absolute atomic E-state index is 8.68. The van der Waals surface area contributed by atoms with Gasteiger partial charge in [0.2, 0.25) is 0 Å². The average Bonchev–Trinajstić information content (AvgIpc) is 2.39. The van der Waals surface area contributed by atoms with Crippen molar-refractivity contribution in [3.63, 3.8) is 0 Å². The number of rotatable bonds is 7. The van der Waals surface area contributed by atoms with Crippen LogP contribution in [0.5, 0.6) is 0 Å². The van der Waals surface area contributed by atoms with E-state index < -0.39 is 0 Å². The number of halogens is 1. The van der Waals surface area contributed by atoms with Crippen LogP contribution in [0.4, 0.5) is 0 Å². The van der Waals surface area contributed by atoms with Gasteiger partial charge in [0.15, 0.2) is 0 Å². The normalized spacial score (nSPS) is 12.7. The average molecular weight is 284 g/mol. The van der Waals surface area contributed by atoms with E-state index in [1.807, 2.05) is 38.1 Å². The van der Waals surface area contributed by atoms with Crippen molar-refractivity contribution in [2.24, 2.45) is 16.3 Å². The van der Waals surface area contributed by atoms with Crippen LogP contribution in [0.25, 0.3) is 0 Å². The Labute approximate surface area is 119 Å². The second kappa shape index (κ2) is 7.36. The number of hydrogen-bond acceptors (Lipinski definition) is 3. The zero-order valence-electron chi connectivity index (χ0n) is 11.5. The van der Waals surface area contributed by atoms with Crippen LogP contribution in [0, 0.1) is 5.41 Å². The highest BCUT2D eigenvalue weighted by Crippen LogP contribution is 2.22. The zero-order chi connectivity index (χ0) is 14.3. The van der Waals surface area contributed by atoms with Crippen LogP contribution in [0.1, 0.15) is 32.3 Å². The Morgan fingerprint density at radius 2 is 2.11 bits per heavy atom. The summed E-state index contributed by atoms with van der Waals surface area (Å²) in [6.07, 6.45) is 1.81. The van der Waals surface area contributed by atoms with Crippen LogP contribution in [-0.4, -0.2) is 17.6 Å². The summed E-state index contributed by atoms with van der Waals surface area (Å²) in [5.74, 6) is 0.276. The molecule has 0 aromatic heterocycles. The van der Waals surface area contributed by atoms with Crippen molar-refractivity contribution in [2.75, 3.05) is 6.54 Å². The Morgan fingerprint density at radius 1 is 1.42 bits per heavy atom. The van der Waals surface area contributed by atoms with Gasteiger partial charge in [-0.25, -0.2) is 0 Å². The second-order valence-electron chi connectivity index (χ2n) is 5.24. The summed E-state index contributed by atoms with van der Waals surface area (Å²) in [5.41, 5.74) is 6.46. The lowest BCUT2D eigenvalue weighted by molar-refractivity contribution is 0.304. The van der Waals surface area contributed by atoms with E-state index in [9.17, 15) is 0 Å². The van der Waals surface area contributed by atoms with Gasteiger partial charge in [0, 0.05) is 17.0 Å². The van der Waals surface area contributed by atoms with Gasteiger partial charge in [0.05, 0.1) is 0 Å². The molecule has 0 heterocycles. The number of nitrogens with one attached hydrogen (secondary N) is 1. The highest BCUT2D eigenvalue weighted by Gasteiger charge is 2.22. The van der Waals surface area contributed by atoms with Gasteiger partial charge < -0.3 is 16.3 Å². The molecule has 0 aliphatic rings. The number of hydrogen-bond donors (Lipinski definition) is 3. The first-order chi connectivity index (χ1) is 8.97. The first-order valence-corrected chi connectivity index (χ1v) is 6.77.